The van der Waals surface area contributed by atoms with E-state index in [-0.39, 0.29) is 5.56 Å². The van der Waals surface area contributed by atoms with Crippen molar-refractivity contribution >= 4 is 28.9 Å². The predicted molar refractivity (Wildman–Crippen MR) is 109 cm³/mol. The standard InChI is InChI=1S/C21H25N3O4/c1-14-4-3-5-18(19(14)22)21(26)28-15(2)20(25)23-16-6-8-17(9-7-16)24-10-12-27-13-11-24/h3-9,15H,10-13,22H2,1-2H3,(H,23,25)/t15-/m0/s1. The number of carbonyl (C=O) groups is 2. The fraction of sp³-hybridized carbons (Fsp3) is 0.333. The van der Waals surface area contributed by atoms with Gasteiger partial charge in [-0.05, 0) is 49.7 Å². The van der Waals surface area contributed by atoms with Crippen LogP contribution in [0.4, 0.5) is 17.1 Å². The van der Waals surface area contributed by atoms with E-state index >= 15 is 0 Å². The fourth-order valence-electron chi connectivity index (χ4n) is 2.96. The fourth-order valence-corrected chi connectivity index (χ4v) is 2.96. The van der Waals surface area contributed by atoms with Crippen molar-refractivity contribution in [2.75, 3.05) is 42.3 Å². The zero-order valence-corrected chi connectivity index (χ0v) is 16.1. The van der Waals surface area contributed by atoms with Crippen LogP contribution in [0.1, 0.15) is 22.8 Å². The number of para-hydroxylation sites is 1. The third-order valence-corrected chi connectivity index (χ3v) is 4.71. The number of hydrogen-bond acceptors (Lipinski definition) is 6. The van der Waals surface area contributed by atoms with E-state index in [0.29, 0.717) is 24.6 Å². The molecule has 148 valence electrons. The molecule has 28 heavy (non-hydrogen) atoms. The second-order valence-electron chi connectivity index (χ2n) is 6.72. The molecule has 0 aliphatic carbocycles. The number of carbonyl (C=O) groups excluding carboxylic acids is 2. The minimum atomic E-state index is -0.952. The predicted octanol–water partition coefficient (Wildman–Crippen LogP) is 2.60. The van der Waals surface area contributed by atoms with Crippen LogP contribution in [0.5, 0.6) is 0 Å². The maximum absolute atomic E-state index is 12.4. The Balaban J connectivity index is 1.57. The topological polar surface area (TPSA) is 93.9 Å². The first kappa shape index (κ1) is 19.7. The summed E-state index contributed by atoms with van der Waals surface area (Å²) in [7, 11) is 0. The molecule has 7 heteroatoms. The summed E-state index contributed by atoms with van der Waals surface area (Å²) in [5.41, 5.74) is 9.04. The number of nitrogen functional groups attached to an aromatic ring is 1. The van der Waals surface area contributed by atoms with Gasteiger partial charge in [0.25, 0.3) is 5.91 Å². The quantitative estimate of drug-likeness (QED) is 0.609. The lowest BCUT2D eigenvalue weighted by molar-refractivity contribution is -0.123. The van der Waals surface area contributed by atoms with Gasteiger partial charge in [0, 0.05) is 30.2 Å². The van der Waals surface area contributed by atoms with Crippen LogP contribution in [0.2, 0.25) is 0 Å². The molecule has 7 nitrogen and oxygen atoms in total. The molecule has 1 saturated heterocycles. The summed E-state index contributed by atoms with van der Waals surface area (Å²) in [4.78, 5) is 26.9. The average Bonchev–Trinajstić information content (AvgIpc) is 2.71. The van der Waals surface area contributed by atoms with Crippen molar-refractivity contribution < 1.29 is 19.1 Å². The number of nitrogens with zero attached hydrogens (tertiary/aromatic N) is 1. The molecule has 0 aromatic heterocycles. The Morgan fingerprint density at radius 3 is 2.50 bits per heavy atom. The summed E-state index contributed by atoms with van der Waals surface area (Å²) < 4.78 is 10.6. The van der Waals surface area contributed by atoms with E-state index in [0.717, 1.165) is 24.3 Å². The maximum Gasteiger partial charge on any atom is 0.341 e. The molecule has 0 spiro atoms. The molecule has 3 rings (SSSR count). The van der Waals surface area contributed by atoms with Gasteiger partial charge in [-0.3, -0.25) is 4.79 Å². The third kappa shape index (κ3) is 4.61. The van der Waals surface area contributed by atoms with Gasteiger partial charge in [-0.2, -0.15) is 0 Å². The second-order valence-corrected chi connectivity index (χ2v) is 6.72. The summed E-state index contributed by atoms with van der Waals surface area (Å²) in [5, 5.41) is 2.76. The van der Waals surface area contributed by atoms with Gasteiger partial charge in [0.05, 0.1) is 18.8 Å². The number of ether oxygens (including phenoxy) is 2. The number of esters is 1. The summed E-state index contributed by atoms with van der Waals surface area (Å²) in [6.07, 6.45) is -0.952. The van der Waals surface area contributed by atoms with Crippen LogP contribution in [0, 0.1) is 6.92 Å². The molecule has 1 aliphatic heterocycles. The SMILES string of the molecule is Cc1cccc(C(=O)O[C@@H](C)C(=O)Nc2ccc(N3CCOCC3)cc2)c1N. The summed E-state index contributed by atoms with van der Waals surface area (Å²) in [6.45, 7) is 6.46. The number of hydrogen-bond donors (Lipinski definition) is 2. The number of nitrogens with two attached hydrogens (primary N) is 1. The Hall–Kier alpha value is -3.06. The van der Waals surface area contributed by atoms with Gasteiger partial charge in [-0.25, -0.2) is 4.79 Å². The molecule has 0 saturated carbocycles. The second kappa shape index (κ2) is 8.75. The van der Waals surface area contributed by atoms with Crippen molar-refractivity contribution in [2.45, 2.75) is 20.0 Å². The summed E-state index contributed by atoms with van der Waals surface area (Å²) >= 11 is 0. The van der Waals surface area contributed by atoms with Crippen molar-refractivity contribution in [1.82, 2.24) is 0 Å². The van der Waals surface area contributed by atoms with Crippen molar-refractivity contribution in [3.8, 4) is 0 Å². The lowest BCUT2D eigenvalue weighted by Gasteiger charge is -2.28. The lowest BCUT2D eigenvalue weighted by atomic mass is 10.1. The highest BCUT2D eigenvalue weighted by Gasteiger charge is 2.21. The average molecular weight is 383 g/mol. The van der Waals surface area contributed by atoms with Gasteiger partial charge in [0.15, 0.2) is 6.10 Å². The zero-order chi connectivity index (χ0) is 20.1. The molecule has 3 N–H and O–H groups in total. The molecule has 1 fully saturated rings. The number of nitrogens with one attached hydrogen (secondary N) is 1. The van der Waals surface area contributed by atoms with Gasteiger partial charge >= 0.3 is 5.97 Å². The van der Waals surface area contributed by atoms with Gasteiger partial charge in [-0.1, -0.05) is 12.1 Å². The van der Waals surface area contributed by atoms with Gasteiger partial charge in [0.2, 0.25) is 0 Å². The van der Waals surface area contributed by atoms with E-state index in [1.165, 1.54) is 6.92 Å². The Bertz CT molecular complexity index is 845. The minimum absolute atomic E-state index is 0.259. The Morgan fingerprint density at radius 2 is 1.82 bits per heavy atom. The van der Waals surface area contributed by atoms with E-state index in [2.05, 4.69) is 10.2 Å². The number of morpholine rings is 1. The van der Waals surface area contributed by atoms with Crippen LogP contribution in [-0.4, -0.2) is 44.3 Å². The summed E-state index contributed by atoms with van der Waals surface area (Å²) in [6, 6.07) is 12.7. The molecule has 0 bridgehead atoms. The molecule has 2 aromatic rings. The molecular weight excluding hydrogens is 358 g/mol. The highest BCUT2D eigenvalue weighted by Crippen LogP contribution is 2.20. The Kier molecular flexibility index (Phi) is 6.16. The van der Waals surface area contributed by atoms with Crippen molar-refractivity contribution in [2.24, 2.45) is 0 Å². The van der Waals surface area contributed by atoms with Gasteiger partial charge in [-0.15, -0.1) is 0 Å². The van der Waals surface area contributed by atoms with Crippen LogP contribution < -0.4 is 16.0 Å². The number of anilines is 3. The van der Waals surface area contributed by atoms with Crippen LogP contribution in [-0.2, 0) is 14.3 Å². The van der Waals surface area contributed by atoms with Crippen LogP contribution in [0.15, 0.2) is 42.5 Å². The molecule has 1 amide bonds. The zero-order valence-electron chi connectivity index (χ0n) is 16.1. The van der Waals surface area contributed by atoms with E-state index in [1.54, 1.807) is 12.1 Å². The van der Waals surface area contributed by atoms with Crippen LogP contribution in [0.25, 0.3) is 0 Å². The molecule has 1 aliphatic rings. The van der Waals surface area contributed by atoms with Crippen molar-refractivity contribution in [3.05, 3.63) is 53.6 Å². The monoisotopic (exact) mass is 383 g/mol. The summed E-state index contributed by atoms with van der Waals surface area (Å²) in [5.74, 6) is -1.02. The van der Waals surface area contributed by atoms with Gasteiger partial charge in [0.1, 0.15) is 0 Å². The van der Waals surface area contributed by atoms with Crippen molar-refractivity contribution in [3.63, 3.8) is 0 Å². The first-order chi connectivity index (χ1) is 13.5. The largest absolute Gasteiger partial charge is 0.449 e. The smallest absolute Gasteiger partial charge is 0.341 e. The van der Waals surface area contributed by atoms with E-state index in [1.807, 2.05) is 37.3 Å². The molecule has 1 atom stereocenters. The maximum atomic E-state index is 12.4. The van der Waals surface area contributed by atoms with E-state index in [4.69, 9.17) is 15.2 Å². The van der Waals surface area contributed by atoms with E-state index in [9.17, 15) is 9.59 Å². The third-order valence-electron chi connectivity index (χ3n) is 4.71. The molecule has 1 heterocycles. The number of amides is 1. The highest BCUT2D eigenvalue weighted by atomic mass is 16.5. The first-order valence-electron chi connectivity index (χ1n) is 9.25. The molecule has 0 unspecified atom stereocenters. The van der Waals surface area contributed by atoms with E-state index < -0.39 is 18.0 Å². The Morgan fingerprint density at radius 1 is 1.14 bits per heavy atom. The Labute approximate surface area is 164 Å². The highest BCUT2D eigenvalue weighted by molar-refractivity contribution is 5.99. The normalized spacial score (nSPS) is 15.0. The minimum Gasteiger partial charge on any atom is -0.449 e. The number of benzene rings is 2. The number of rotatable bonds is 5. The first-order valence-corrected chi connectivity index (χ1v) is 9.25. The number of aryl methyl sites for hydroxylation is 1. The van der Waals surface area contributed by atoms with Crippen LogP contribution >= 0.6 is 0 Å². The van der Waals surface area contributed by atoms with Crippen molar-refractivity contribution in [1.29, 1.82) is 0 Å². The van der Waals surface area contributed by atoms with Crippen LogP contribution in [0.3, 0.4) is 0 Å². The molecule has 2 aromatic carbocycles. The molecule has 0 radical (unpaired) electrons. The van der Waals surface area contributed by atoms with Gasteiger partial charge < -0.3 is 25.4 Å². The molecular formula is C21H25N3O4. The lowest BCUT2D eigenvalue weighted by Crippen LogP contribution is -2.36.